The maximum Gasteiger partial charge on any atom is 0.163 e. The first-order valence-corrected chi connectivity index (χ1v) is 10.6. The van der Waals surface area contributed by atoms with Gasteiger partial charge in [0.2, 0.25) is 0 Å². The minimum atomic E-state index is 0.190. The number of nitrogens with zero attached hydrogens (tertiary/aromatic N) is 5. The van der Waals surface area contributed by atoms with Gasteiger partial charge in [-0.05, 0) is 43.2 Å². The van der Waals surface area contributed by atoms with Crippen molar-refractivity contribution >= 4 is 5.65 Å². The van der Waals surface area contributed by atoms with Crippen LogP contribution in [0.25, 0.3) is 22.5 Å². The standard InChI is InChI=1S/C26H25N5O/c1-17-5-7-20(8-6-17)19(3)23-11-12-27-26-22(14-29-31(23)26)21-9-10-24(25(13-21)32-4)30-15-18(2)28-16-30/h5-16,19H,1-4H3. The Balaban J connectivity index is 1.57. The molecule has 0 saturated heterocycles. The van der Waals surface area contributed by atoms with Gasteiger partial charge in [0.15, 0.2) is 5.65 Å². The second-order valence-electron chi connectivity index (χ2n) is 8.10. The smallest absolute Gasteiger partial charge is 0.163 e. The zero-order valence-corrected chi connectivity index (χ0v) is 18.6. The molecule has 0 aliphatic heterocycles. The molecule has 5 aromatic rings. The summed E-state index contributed by atoms with van der Waals surface area (Å²) in [6, 6.07) is 16.8. The zero-order valence-electron chi connectivity index (χ0n) is 18.6. The summed E-state index contributed by atoms with van der Waals surface area (Å²) in [5.41, 5.74) is 8.30. The van der Waals surface area contributed by atoms with Gasteiger partial charge in [-0.15, -0.1) is 0 Å². The number of aryl methyl sites for hydroxylation is 2. The van der Waals surface area contributed by atoms with E-state index in [2.05, 4.69) is 54.1 Å². The van der Waals surface area contributed by atoms with Crippen LogP contribution >= 0.6 is 0 Å². The van der Waals surface area contributed by atoms with Gasteiger partial charge in [0.25, 0.3) is 0 Å². The quantitative estimate of drug-likeness (QED) is 0.382. The summed E-state index contributed by atoms with van der Waals surface area (Å²) in [4.78, 5) is 8.97. The lowest BCUT2D eigenvalue weighted by molar-refractivity contribution is 0.413. The molecule has 0 amide bonds. The van der Waals surface area contributed by atoms with E-state index in [0.29, 0.717) is 0 Å². The van der Waals surface area contributed by atoms with Crippen LogP contribution in [0.15, 0.2) is 73.4 Å². The topological polar surface area (TPSA) is 57.2 Å². The molecule has 160 valence electrons. The average molecular weight is 424 g/mol. The Kier molecular flexibility index (Phi) is 4.98. The van der Waals surface area contributed by atoms with Gasteiger partial charge in [-0.3, -0.25) is 0 Å². The molecule has 3 aromatic heterocycles. The first-order chi connectivity index (χ1) is 15.5. The third-order valence-electron chi connectivity index (χ3n) is 5.93. The van der Waals surface area contributed by atoms with Gasteiger partial charge < -0.3 is 9.30 Å². The van der Waals surface area contributed by atoms with Crippen LogP contribution in [0.1, 0.15) is 35.4 Å². The van der Waals surface area contributed by atoms with Crippen molar-refractivity contribution in [3.05, 3.63) is 96.0 Å². The Labute approximate surface area is 187 Å². The van der Waals surface area contributed by atoms with Crippen molar-refractivity contribution in [2.45, 2.75) is 26.7 Å². The predicted molar refractivity (Wildman–Crippen MR) is 126 cm³/mol. The Morgan fingerprint density at radius 1 is 0.969 bits per heavy atom. The number of imidazole rings is 1. The molecular weight excluding hydrogens is 398 g/mol. The van der Waals surface area contributed by atoms with E-state index in [-0.39, 0.29) is 5.92 Å². The lowest BCUT2D eigenvalue weighted by Gasteiger charge is -2.14. The van der Waals surface area contributed by atoms with E-state index >= 15 is 0 Å². The van der Waals surface area contributed by atoms with Gasteiger partial charge >= 0.3 is 0 Å². The van der Waals surface area contributed by atoms with Crippen LogP contribution in [0.2, 0.25) is 0 Å². The van der Waals surface area contributed by atoms with Gasteiger partial charge in [-0.25, -0.2) is 14.5 Å². The van der Waals surface area contributed by atoms with Crippen molar-refractivity contribution in [2.24, 2.45) is 0 Å². The summed E-state index contributed by atoms with van der Waals surface area (Å²) in [5.74, 6) is 0.957. The maximum absolute atomic E-state index is 5.69. The van der Waals surface area contributed by atoms with Crippen molar-refractivity contribution < 1.29 is 4.74 Å². The predicted octanol–water partition coefficient (Wildman–Crippen LogP) is 5.36. The zero-order chi connectivity index (χ0) is 22.2. The molecule has 1 atom stereocenters. The molecule has 1 unspecified atom stereocenters. The number of benzene rings is 2. The average Bonchev–Trinajstić information content (AvgIpc) is 3.45. The lowest BCUT2D eigenvalue weighted by atomic mass is 9.96. The van der Waals surface area contributed by atoms with E-state index in [0.717, 1.165) is 39.6 Å². The molecule has 0 bridgehead atoms. The van der Waals surface area contributed by atoms with Crippen molar-refractivity contribution in [2.75, 3.05) is 7.11 Å². The minimum Gasteiger partial charge on any atom is -0.495 e. The number of hydrogen-bond acceptors (Lipinski definition) is 4. The molecule has 0 saturated carbocycles. The normalized spacial score (nSPS) is 12.2. The van der Waals surface area contributed by atoms with E-state index in [1.165, 1.54) is 11.1 Å². The van der Waals surface area contributed by atoms with Crippen LogP contribution < -0.4 is 4.74 Å². The minimum absolute atomic E-state index is 0.190. The first kappa shape index (κ1) is 20.0. The second kappa shape index (κ2) is 7.96. The summed E-state index contributed by atoms with van der Waals surface area (Å²) in [5, 5.41) is 4.70. The highest BCUT2D eigenvalue weighted by atomic mass is 16.5. The fraction of sp³-hybridized carbons (Fsp3) is 0.192. The molecule has 5 rings (SSSR count). The molecule has 0 fully saturated rings. The van der Waals surface area contributed by atoms with Gasteiger partial charge in [0.05, 0.1) is 36.7 Å². The van der Waals surface area contributed by atoms with Crippen LogP contribution in [0, 0.1) is 13.8 Å². The number of hydrogen-bond donors (Lipinski definition) is 0. The third-order valence-corrected chi connectivity index (χ3v) is 5.93. The summed E-state index contributed by atoms with van der Waals surface area (Å²) < 4.78 is 9.60. The molecule has 0 aliphatic rings. The third kappa shape index (κ3) is 3.43. The lowest BCUT2D eigenvalue weighted by Crippen LogP contribution is -2.05. The van der Waals surface area contributed by atoms with Crippen LogP contribution in [0.4, 0.5) is 0 Å². The maximum atomic E-state index is 5.69. The second-order valence-corrected chi connectivity index (χ2v) is 8.10. The molecule has 6 heteroatoms. The Hall–Kier alpha value is -3.93. The fourth-order valence-corrected chi connectivity index (χ4v) is 4.08. The fourth-order valence-electron chi connectivity index (χ4n) is 4.08. The summed E-state index contributed by atoms with van der Waals surface area (Å²) in [6.45, 7) is 6.27. The molecule has 0 N–H and O–H groups in total. The highest BCUT2D eigenvalue weighted by Gasteiger charge is 2.17. The van der Waals surface area contributed by atoms with Gasteiger partial charge in [0, 0.05) is 23.9 Å². The molecule has 6 nitrogen and oxygen atoms in total. The highest BCUT2D eigenvalue weighted by Crippen LogP contribution is 2.33. The van der Waals surface area contributed by atoms with Gasteiger partial charge in [-0.1, -0.05) is 42.8 Å². The molecule has 0 aliphatic carbocycles. The molecule has 3 heterocycles. The van der Waals surface area contributed by atoms with Crippen LogP contribution in [-0.4, -0.2) is 31.3 Å². The molecule has 32 heavy (non-hydrogen) atoms. The van der Waals surface area contributed by atoms with E-state index < -0.39 is 0 Å². The number of methoxy groups -OCH3 is 1. The number of aromatic nitrogens is 5. The van der Waals surface area contributed by atoms with Crippen molar-refractivity contribution in [1.29, 1.82) is 0 Å². The highest BCUT2D eigenvalue weighted by molar-refractivity contribution is 5.79. The first-order valence-electron chi connectivity index (χ1n) is 10.6. The van der Waals surface area contributed by atoms with Crippen molar-refractivity contribution in [1.82, 2.24) is 24.1 Å². The Bertz CT molecular complexity index is 1400. The monoisotopic (exact) mass is 423 g/mol. The van der Waals surface area contributed by atoms with Crippen molar-refractivity contribution in [3.63, 3.8) is 0 Å². The Morgan fingerprint density at radius 3 is 2.50 bits per heavy atom. The van der Waals surface area contributed by atoms with Crippen LogP contribution in [0.5, 0.6) is 5.75 Å². The van der Waals surface area contributed by atoms with E-state index in [4.69, 9.17) is 9.84 Å². The molecular formula is C26H25N5O. The van der Waals surface area contributed by atoms with E-state index in [1.807, 2.05) is 52.8 Å². The number of ether oxygens (including phenoxy) is 1. The molecule has 0 radical (unpaired) electrons. The van der Waals surface area contributed by atoms with Gasteiger partial charge in [0.1, 0.15) is 5.75 Å². The summed E-state index contributed by atoms with van der Waals surface area (Å²) in [6.07, 6.45) is 7.51. The van der Waals surface area contributed by atoms with Crippen LogP contribution in [0.3, 0.4) is 0 Å². The summed E-state index contributed by atoms with van der Waals surface area (Å²) in [7, 11) is 1.68. The Morgan fingerprint density at radius 2 is 1.78 bits per heavy atom. The molecule has 0 spiro atoms. The SMILES string of the molecule is COc1cc(-c2cnn3c(C(C)c4ccc(C)cc4)ccnc23)ccc1-n1cnc(C)c1. The van der Waals surface area contributed by atoms with E-state index in [1.54, 1.807) is 13.4 Å². The molecule has 2 aromatic carbocycles. The van der Waals surface area contributed by atoms with Gasteiger partial charge in [-0.2, -0.15) is 5.10 Å². The van der Waals surface area contributed by atoms with Crippen LogP contribution in [-0.2, 0) is 0 Å². The van der Waals surface area contributed by atoms with E-state index in [9.17, 15) is 0 Å². The summed E-state index contributed by atoms with van der Waals surface area (Å²) >= 11 is 0. The number of fused-ring (bicyclic) bond motifs is 1. The van der Waals surface area contributed by atoms with Crippen molar-refractivity contribution in [3.8, 4) is 22.6 Å². The number of rotatable bonds is 5. The largest absolute Gasteiger partial charge is 0.495 e.